The molecule has 1 aromatic rings. The van der Waals surface area contributed by atoms with Crippen LogP contribution in [0.1, 0.15) is 45.6 Å². The molecule has 0 radical (unpaired) electrons. The van der Waals surface area contributed by atoms with Gasteiger partial charge in [-0.2, -0.15) is 0 Å². The van der Waals surface area contributed by atoms with Gasteiger partial charge >= 0.3 is 0 Å². The number of nitrogens with one attached hydrogen (secondary N) is 3. The fourth-order valence-corrected chi connectivity index (χ4v) is 2.26. The molecule has 0 bridgehead atoms. The van der Waals surface area contributed by atoms with Gasteiger partial charge in [-0.1, -0.05) is 32.9 Å². The molecular weight excluding hydrogens is 455 g/mol. The minimum Gasteiger partial charge on any atom is -0.381 e. The molecule has 0 aromatic heterocycles. The van der Waals surface area contributed by atoms with Gasteiger partial charge in [-0.3, -0.25) is 9.79 Å². The maximum absolute atomic E-state index is 11.6. The van der Waals surface area contributed by atoms with Gasteiger partial charge in [-0.15, -0.1) is 24.0 Å². The monoisotopic (exact) mass is 490 g/mol. The highest BCUT2D eigenvalue weighted by atomic mass is 127. The molecule has 0 fully saturated rings. The van der Waals surface area contributed by atoms with E-state index in [2.05, 4.69) is 34.8 Å². The van der Waals surface area contributed by atoms with Crippen LogP contribution in [0, 0.1) is 5.92 Å². The fourth-order valence-electron chi connectivity index (χ4n) is 2.26. The van der Waals surface area contributed by atoms with E-state index in [9.17, 15) is 4.79 Å². The second kappa shape index (κ2) is 15.7. The van der Waals surface area contributed by atoms with Gasteiger partial charge in [-0.05, 0) is 36.5 Å². The molecule has 1 amide bonds. The van der Waals surface area contributed by atoms with E-state index in [1.165, 1.54) is 0 Å². The first-order chi connectivity index (χ1) is 12.5. The normalized spacial score (nSPS) is 11.1. The highest BCUT2D eigenvalue weighted by Gasteiger charge is 2.02. The van der Waals surface area contributed by atoms with Crippen LogP contribution in [-0.4, -0.2) is 38.7 Å². The fraction of sp³-hybridized carbons (Fsp3) is 0.600. The van der Waals surface area contributed by atoms with Crippen molar-refractivity contribution in [2.45, 2.75) is 46.6 Å². The van der Waals surface area contributed by atoms with Gasteiger partial charge in [0.2, 0.25) is 5.91 Å². The van der Waals surface area contributed by atoms with Crippen molar-refractivity contribution in [3.63, 3.8) is 0 Å². The largest absolute Gasteiger partial charge is 0.381 e. The van der Waals surface area contributed by atoms with Gasteiger partial charge in [0.15, 0.2) is 5.96 Å². The molecule has 6 nitrogen and oxygen atoms in total. The Morgan fingerprint density at radius 2 is 1.89 bits per heavy atom. The SMILES string of the molecule is CCCC(=O)Nc1ccc(CNC(=NC)NCCCOCC(C)C)cc1.I. The second-order valence-corrected chi connectivity index (χ2v) is 6.67. The number of amides is 1. The minimum absolute atomic E-state index is 0. The summed E-state index contributed by atoms with van der Waals surface area (Å²) in [6, 6.07) is 7.85. The van der Waals surface area contributed by atoms with Gasteiger partial charge in [0.25, 0.3) is 0 Å². The van der Waals surface area contributed by atoms with Crippen molar-refractivity contribution < 1.29 is 9.53 Å². The minimum atomic E-state index is 0. The number of anilines is 1. The van der Waals surface area contributed by atoms with E-state index in [0.717, 1.165) is 49.8 Å². The first kappa shape index (κ1) is 25.6. The summed E-state index contributed by atoms with van der Waals surface area (Å²) in [6.45, 7) is 9.35. The number of aliphatic imine (C=N–C) groups is 1. The number of halogens is 1. The van der Waals surface area contributed by atoms with Gasteiger partial charge in [0, 0.05) is 45.5 Å². The second-order valence-electron chi connectivity index (χ2n) is 6.67. The van der Waals surface area contributed by atoms with Crippen molar-refractivity contribution >= 4 is 41.5 Å². The van der Waals surface area contributed by atoms with E-state index in [0.29, 0.717) is 18.9 Å². The predicted octanol–water partition coefficient (Wildman–Crippen LogP) is 3.77. The predicted molar refractivity (Wildman–Crippen MR) is 124 cm³/mol. The van der Waals surface area contributed by atoms with Gasteiger partial charge in [-0.25, -0.2) is 0 Å². The van der Waals surface area contributed by atoms with Crippen LogP contribution < -0.4 is 16.0 Å². The molecule has 1 aromatic carbocycles. The van der Waals surface area contributed by atoms with Crippen molar-refractivity contribution in [1.29, 1.82) is 0 Å². The summed E-state index contributed by atoms with van der Waals surface area (Å²) in [5.74, 6) is 1.40. The summed E-state index contributed by atoms with van der Waals surface area (Å²) >= 11 is 0. The molecule has 0 saturated heterocycles. The molecule has 0 atom stereocenters. The lowest BCUT2D eigenvalue weighted by Crippen LogP contribution is -2.37. The molecule has 7 heteroatoms. The summed E-state index contributed by atoms with van der Waals surface area (Å²) in [5.41, 5.74) is 1.96. The molecule has 0 heterocycles. The van der Waals surface area contributed by atoms with Crippen molar-refractivity contribution in [2.24, 2.45) is 10.9 Å². The molecule has 27 heavy (non-hydrogen) atoms. The Morgan fingerprint density at radius 3 is 2.48 bits per heavy atom. The maximum atomic E-state index is 11.6. The molecular formula is C20H35IN4O2. The van der Waals surface area contributed by atoms with Crippen LogP contribution in [0.5, 0.6) is 0 Å². The lowest BCUT2D eigenvalue weighted by molar-refractivity contribution is -0.116. The number of rotatable bonds is 11. The summed E-state index contributed by atoms with van der Waals surface area (Å²) in [5, 5.41) is 9.46. The van der Waals surface area contributed by atoms with Gasteiger partial charge in [0.05, 0.1) is 0 Å². The van der Waals surface area contributed by atoms with Crippen LogP contribution in [0.4, 0.5) is 5.69 Å². The van der Waals surface area contributed by atoms with Crippen LogP contribution in [0.2, 0.25) is 0 Å². The van der Waals surface area contributed by atoms with Gasteiger partial charge < -0.3 is 20.7 Å². The number of guanidine groups is 1. The van der Waals surface area contributed by atoms with Crippen molar-refractivity contribution in [2.75, 3.05) is 32.1 Å². The average Bonchev–Trinajstić information content (AvgIpc) is 2.61. The Morgan fingerprint density at radius 1 is 1.19 bits per heavy atom. The van der Waals surface area contributed by atoms with Crippen LogP contribution in [0.3, 0.4) is 0 Å². The lowest BCUT2D eigenvalue weighted by atomic mass is 10.2. The van der Waals surface area contributed by atoms with E-state index in [1.807, 2.05) is 31.2 Å². The molecule has 0 saturated carbocycles. The third-order valence-corrected chi connectivity index (χ3v) is 3.61. The Kier molecular flexibility index (Phi) is 14.9. The number of carbonyl (C=O) groups is 1. The molecule has 3 N–H and O–H groups in total. The van der Waals surface area contributed by atoms with Gasteiger partial charge in [0.1, 0.15) is 0 Å². The van der Waals surface area contributed by atoms with E-state index in [1.54, 1.807) is 7.05 Å². The van der Waals surface area contributed by atoms with Crippen LogP contribution in [0.15, 0.2) is 29.3 Å². The van der Waals surface area contributed by atoms with Crippen molar-refractivity contribution in [3.05, 3.63) is 29.8 Å². The van der Waals surface area contributed by atoms with Crippen molar-refractivity contribution in [1.82, 2.24) is 10.6 Å². The third kappa shape index (κ3) is 12.6. The summed E-state index contributed by atoms with van der Waals surface area (Å²) in [6.07, 6.45) is 2.34. The smallest absolute Gasteiger partial charge is 0.224 e. The summed E-state index contributed by atoms with van der Waals surface area (Å²) in [7, 11) is 1.76. The Bertz CT molecular complexity index is 547. The van der Waals surface area contributed by atoms with E-state index >= 15 is 0 Å². The molecule has 0 aliphatic heterocycles. The molecule has 0 aliphatic rings. The van der Waals surface area contributed by atoms with Crippen LogP contribution >= 0.6 is 24.0 Å². The number of hydrogen-bond acceptors (Lipinski definition) is 3. The Labute approximate surface area is 181 Å². The quantitative estimate of drug-likeness (QED) is 0.191. The average molecular weight is 490 g/mol. The summed E-state index contributed by atoms with van der Waals surface area (Å²) < 4.78 is 5.56. The molecule has 1 rings (SSSR count). The first-order valence-electron chi connectivity index (χ1n) is 9.46. The lowest BCUT2D eigenvalue weighted by Gasteiger charge is -2.13. The van der Waals surface area contributed by atoms with E-state index in [4.69, 9.17) is 4.74 Å². The first-order valence-corrected chi connectivity index (χ1v) is 9.46. The zero-order valence-electron chi connectivity index (χ0n) is 17.0. The third-order valence-electron chi connectivity index (χ3n) is 3.61. The highest BCUT2D eigenvalue weighted by Crippen LogP contribution is 2.10. The summed E-state index contributed by atoms with van der Waals surface area (Å²) in [4.78, 5) is 15.8. The molecule has 0 aliphatic carbocycles. The number of hydrogen-bond donors (Lipinski definition) is 3. The van der Waals surface area contributed by atoms with E-state index < -0.39 is 0 Å². The molecule has 0 spiro atoms. The topological polar surface area (TPSA) is 74.8 Å². The molecule has 154 valence electrons. The zero-order valence-corrected chi connectivity index (χ0v) is 19.3. The Hall–Kier alpha value is -1.35. The van der Waals surface area contributed by atoms with Crippen LogP contribution in [0.25, 0.3) is 0 Å². The maximum Gasteiger partial charge on any atom is 0.224 e. The highest BCUT2D eigenvalue weighted by molar-refractivity contribution is 14.0. The number of ether oxygens (including phenoxy) is 1. The molecule has 0 unspecified atom stereocenters. The van der Waals surface area contributed by atoms with E-state index in [-0.39, 0.29) is 29.9 Å². The number of carbonyl (C=O) groups excluding carboxylic acids is 1. The number of benzene rings is 1. The number of nitrogens with zero attached hydrogens (tertiary/aromatic N) is 1. The zero-order chi connectivity index (χ0) is 19.2. The standard InChI is InChI=1S/C20H34N4O2.HI/c1-5-7-19(25)24-18-10-8-17(9-11-18)14-23-20(21-4)22-12-6-13-26-15-16(2)3;/h8-11,16H,5-7,12-15H2,1-4H3,(H,24,25)(H2,21,22,23);1H. The van der Waals surface area contributed by atoms with Crippen molar-refractivity contribution in [3.8, 4) is 0 Å². The van der Waals surface area contributed by atoms with Crippen LogP contribution in [-0.2, 0) is 16.1 Å². The Balaban J connectivity index is 0.00000676.